The first-order chi connectivity index (χ1) is 11.6. The van der Waals surface area contributed by atoms with Gasteiger partial charge in [0.25, 0.3) is 0 Å². The van der Waals surface area contributed by atoms with Crippen molar-refractivity contribution in [2.75, 3.05) is 6.54 Å². The second kappa shape index (κ2) is 9.05. The summed E-state index contributed by atoms with van der Waals surface area (Å²) in [5, 5.41) is 14.3. The van der Waals surface area contributed by atoms with Crippen LogP contribution in [0.1, 0.15) is 50.0 Å². The molecule has 0 saturated heterocycles. The SMILES string of the molecule is CCC(NC(=O)OC(C)(C)C)C(=O)NCCc1cccc(C(=O)O)c1. The number of carbonyl (C=O) groups is 3. The van der Waals surface area contributed by atoms with Crippen LogP contribution in [-0.4, -0.2) is 41.3 Å². The highest BCUT2D eigenvalue weighted by atomic mass is 16.6. The summed E-state index contributed by atoms with van der Waals surface area (Å²) in [5.41, 5.74) is 0.392. The van der Waals surface area contributed by atoms with E-state index in [1.807, 2.05) is 0 Å². The highest BCUT2D eigenvalue weighted by Crippen LogP contribution is 2.08. The number of ether oxygens (including phenoxy) is 1. The summed E-state index contributed by atoms with van der Waals surface area (Å²) in [6.07, 6.45) is 0.290. The normalized spacial score (nSPS) is 12.2. The molecule has 0 aromatic heterocycles. The number of carboxylic acid groups (broad SMARTS) is 1. The zero-order valence-electron chi connectivity index (χ0n) is 15.1. The van der Waals surface area contributed by atoms with Gasteiger partial charge in [0.15, 0.2) is 0 Å². The van der Waals surface area contributed by atoms with Crippen LogP contribution in [-0.2, 0) is 16.0 Å². The third-order valence-corrected chi connectivity index (χ3v) is 3.30. The summed E-state index contributed by atoms with van der Waals surface area (Å²) in [7, 11) is 0. The monoisotopic (exact) mass is 350 g/mol. The number of amides is 2. The summed E-state index contributed by atoms with van der Waals surface area (Å²) < 4.78 is 5.14. The van der Waals surface area contributed by atoms with E-state index in [-0.39, 0.29) is 11.5 Å². The van der Waals surface area contributed by atoms with Gasteiger partial charge in [-0.25, -0.2) is 9.59 Å². The van der Waals surface area contributed by atoms with Gasteiger partial charge in [0.2, 0.25) is 5.91 Å². The maximum atomic E-state index is 12.2. The van der Waals surface area contributed by atoms with E-state index in [4.69, 9.17) is 9.84 Å². The van der Waals surface area contributed by atoms with Gasteiger partial charge >= 0.3 is 12.1 Å². The Balaban J connectivity index is 2.50. The molecular formula is C18H26N2O5. The van der Waals surface area contributed by atoms with E-state index >= 15 is 0 Å². The van der Waals surface area contributed by atoms with E-state index in [0.29, 0.717) is 19.4 Å². The van der Waals surface area contributed by atoms with Crippen LogP contribution in [0.25, 0.3) is 0 Å². The molecule has 0 heterocycles. The molecule has 138 valence electrons. The fourth-order valence-electron chi connectivity index (χ4n) is 2.12. The molecule has 1 atom stereocenters. The van der Waals surface area contributed by atoms with E-state index in [1.165, 1.54) is 6.07 Å². The molecule has 0 aliphatic heterocycles. The molecule has 1 unspecified atom stereocenters. The van der Waals surface area contributed by atoms with Gasteiger partial charge in [-0.05, 0) is 51.3 Å². The molecule has 1 rings (SSSR count). The van der Waals surface area contributed by atoms with Crippen molar-refractivity contribution in [3.63, 3.8) is 0 Å². The summed E-state index contributed by atoms with van der Waals surface area (Å²) in [6, 6.07) is 5.88. The highest BCUT2D eigenvalue weighted by molar-refractivity contribution is 5.87. The van der Waals surface area contributed by atoms with E-state index in [0.717, 1.165) is 5.56 Å². The predicted molar refractivity (Wildman–Crippen MR) is 93.6 cm³/mol. The Bertz CT molecular complexity index is 622. The first-order valence-corrected chi connectivity index (χ1v) is 8.22. The molecule has 0 fully saturated rings. The lowest BCUT2D eigenvalue weighted by Crippen LogP contribution is -2.48. The van der Waals surface area contributed by atoms with E-state index in [1.54, 1.807) is 45.9 Å². The number of rotatable bonds is 7. The maximum absolute atomic E-state index is 12.2. The smallest absolute Gasteiger partial charge is 0.408 e. The predicted octanol–water partition coefficient (Wildman–Crippen LogP) is 2.35. The van der Waals surface area contributed by atoms with Gasteiger partial charge in [0, 0.05) is 6.54 Å². The van der Waals surface area contributed by atoms with Crippen molar-refractivity contribution in [1.82, 2.24) is 10.6 Å². The van der Waals surface area contributed by atoms with E-state index < -0.39 is 23.7 Å². The first kappa shape index (κ1) is 20.5. The van der Waals surface area contributed by atoms with Crippen LogP contribution in [0.5, 0.6) is 0 Å². The van der Waals surface area contributed by atoms with Crippen LogP contribution >= 0.6 is 0 Å². The lowest BCUT2D eigenvalue weighted by atomic mass is 10.1. The minimum atomic E-state index is -0.988. The Labute approximate surface area is 147 Å². The zero-order valence-corrected chi connectivity index (χ0v) is 15.1. The number of benzene rings is 1. The molecule has 0 aliphatic carbocycles. The molecule has 7 heteroatoms. The third-order valence-electron chi connectivity index (χ3n) is 3.30. The average Bonchev–Trinajstić information content (AvgIpc) is 2.51. The van der Waals surface area contributed by atoms with Gasteiger partial charge in [-0.1, -0.05) is 19.1 Å². The minimum Gasteiger partial charge on any atom is -0.478 e. The quantitative estimate of drug-likeness (QED) is 0.700. The number of hydrogen-bond acceptors (Lipinski definition) is 4. The van der Waals surface area contributed by atoms with Crippen molar-refractivity contribution in [3.05, 3.63) is 35.4 Å². The van der Waals surface area contributed by atoms with Gasteiger partial charge in [0.1, 0.15) is 11.6 Å². The molecule has 0 aliphatic rings. The maximum Gasteiger partial charge on any atom is 0.408 e. The van der Waals surface area contributed by atoms with Crippen molar-refractivity contribution in [2.24, 2.45) is 0 Å². The fourth-order valence-corrected chi connectivity index (χ4v) is 2.12. The summed E-state index contributed by atoms with van der Waals surface area (Å²) >= 11 is 0. The average molecular weight is 350 g/mol. The number of hydrogen-bond donors (Lipinski definition) is 3. The molecule has 0 bridgehead atoms. The van der Waals surface area contributed by atoms with Crippen LogP contribution in [0.15, 0.2) is 24.3 Å². The second-order valence-electron chi connectivity index (χ2n) is 6.65. The summed E-state index contributed by atoms with van der Waals surface area (Å²) in [4.78, 5) is 34.9. The standard InChI is InChI=1S/C18H26N2O5/c1-5-14(20-17(24)25-18(2,3)4)15(21)19-10-9-12-7-6-8-13(11-12)16(22)23/h6-8,11,14H,5,9-10H2,1-4H3,(H,19,21)(H,20,24)(H,22,23). The molecule has 2 amide bonds. The molecule has 0 radical (unpaired) electrons. The molecular weight excluding hydrogens is 324 g/mol. The van der Waals surface area contributed by atoms with Gasteiger partial charge in [0.05, 0.1) is 5.56 Å². The lowest BCUT2D eigenvalue weighted by Gasteiger charge is -2.22. The lowest BCUT2D eigenvalue weighted by molar-refractivity contribution is -0.123. The zero-order chi connectivity index (χ0) is 19.0. The van der Waals surface area contributed by atoms with Crippen LogP contribution in [0.3, 0.4) is 0 Å². The van der Waals surface area contributed by atoms with Crippen molar-refractivity contribution in [1.29, 1.82) is 0 Å². The molecule has 7 nitrogen and oxygen atoms in total. The number of alkyl carbamates (subject to hydrolysis) is 1. The van der Waals surface area contributed by atoms with Gasteiger partial charge in [-0.2, -0.15) is 0 Å². The minimum absolute atomic E-state index is 0.210. The largest absolute Gasteiger partial charge is 0.478 e. The van der Waals surface area contributed by atoms with Crippen LogP contribution in [0.4, 0.5) is 4.79 Å². The second-order valence-corrected chi connectivity index (χ2v) is 6.65. The summed E-state index contributed by atoms with van der Waals surface area (Å²) in [5.74, 6) is -1.29. The number of carboxylic acids is 1. The first-order valence-electron chi connectivity index (χ1n) is 8.22. The van der Waals surface area contributed by atoms with Crippen LogP contribution in [0, 0.1) is 0 Å². The van der Waals surface area contributed by atoms with Crippen molar-refractivity contribution in [3.8, 4) is 0 Å². The molecule has 0 spiro atoms. The fraction of sp³-hybridized carbons (Fsp3) is 0.500. The van der Waals surface area contributed by atoms with E-state index in [2.05, 4.69) is 10.6 Å². The molecule has 0 saturated carbocycles. The van der Waals surface area contributed by atoms with Crippen molar-refractivity contribution in [2.45, 2.75) is 52.2 Å². The van der Waals surface area contributed by atoms with Gasteiger partial charge in [-0.15, -0.1) is 0 Å². The summed E-state index contributed by atoms with van der Waals surface area (Å²) in [6.45, 7) is 7.38. The molecule has 1 aromatic rings. The number of aromatic carboxylic acids is 1. The Morgan fingerprint density at radius 1 is 1.24 bits per heavy atom. The van der Waals surface area contributed by atoms with Gasteiger partial charge in [-0.3, -0.25) is 4.79 Å². The number of nitrogens with one attached hydrogen (secondary N) is 2. The Hall–Kier alpha value is -2.57. The number of carbonyl (C=O) groups excluding carboxylic acids is 2. The topological polar surface area (TPSA) is 105 Å². The Kier molecular flexibility index (Phi) is 7.42. The highest BCUT2D eigenvalue weighted by Gasteiger charge is 2.22. The van der Waals surface area contributed by atoms with Gasteiger partial charge < -0.3 is 20.5 Å². The van der Waals surface area contributed by atoms with E-state index in [9.17, 15) is 14.4 Å². The Morgan fingerprint density at radius 2 is 1.92 bits per heavy atom. The van der Waals surface area contributed by atoms with Crippen molar-refractivity contribution < 1.29 is 24.2 Å². The molecule has 1 aromatic carbocycles. The third kappa shape index (κ3) is 7.69. The van der Waals surface area contributed by atoms with Crippen LogP contribution < -0.4 is 10.6 Å². The molecule has 25 heavy (non-hydrogen) atoms. The Morgan fingerprint density at radius 3 is 2.48 bits per heavy atom. The van der Waals surface area contributed by atoms with Crippen molar-refractivity contribution >= 4 is 18.0 Å². The van der Waals surface area contributed by atoms with Crippen LogP contribution in [0.2, 0.25) is 0 Å². The molecule has 3 N–H and O–H groups in total.